The first-order valence-corrected chi connectivity index (χ1v) is 15.8. The summed E-state index contributed by atoms with van der Waals surface area (Å²) in [5.74, 6) is -6.40. The molecule has 278 valence electrons. The summed E-state index contributed by atoms with van der Waals surface area (Å²) in [5.41, 5.74) is -10.4. The fourth-order valence-electron chi connectivity index (χ4n) is 4.67. The van der Waals surface area contributed by atoms with Gasteiger partial charge >= 0.3 is 6.18 Å². The normalized spacial score (nSPS) is 26.5. The number of hydrogen-bond acceptors (Lipinski definition) is 5. The summed E-state index contributed by atoms with van der Waals surface area (Å²) < 4.78 is 287. The fraction of sp³-hybridized carbons (Fsp3) is 0.317. The van der Waals surface area contributed by atoms with Gasteiger partial charge < -0.3 is 19.1 Å². The van der Waals surface area contributed by atoms with E-state index in [9.17, 15) is 34.7 Å². The van der Waals surface area contributed by atoms with E-state index in [4.69, 9.17) is 20.6 Å². The van der Waals surface area contributed by atoms with Crippen molar-refractivity contribution in [3.05, 3.63) is 135 Å². The maximum Gasteiger partial charge on any atom is 0.416 e. The Morgan fingerprint density at radius 2 is 1.75 bits per heavy atom. The Morgan fingerprint density at radius 3 is 2.43 bits per heavy atom. The van der Waals surface area contributed by atoms with Crippen LogP contribution in [0.4, 0.5) is 22.0 Å². The number of alkyl halides is 3. The summed E-state index contributed by atoms with van der Waals surface area (Å²) >= 11 is -0.546. The van der Waals surface area contributed by atoms with E-state index in [1.54, 1.807) is 0 Å². The van der Waals surface area contributed by atoms with E-state index in [0.29, 0.717) is 36.4 Å². The number of carbonyl (C=O) groups excluding carboxylic acids is 1. The van der Waals surface area contributed by atoms with Crippen LogP contribution in [0.3, 0.4) is 0 Å². The second-order valence-electron chi connectivity index (χ2n) is 10.8. The van der Waals surface area contributed by atoms with Crippen LogP contribution in [0, 0.1) is 18.6 Å². The lowest BCUT2D eigenvalue weighted by atomic mass is 10.00. The van der Waals surface area contributed by atoms with Crippen LogP contribution in [0.25, 0.3) is 22.0 Å². The van der Waals surface area contributed by atoms with Gasteiger partial charge in [0.25, 0.3) is 0 Å². The van der Waals surface area contributed by atoms with Gasteiger partial charge in [0, 0.05) is 75.5 Å². The number of pyridine rings is 1. The molecular weight excluding hydrogens is 710 g/mol. The number of methoxy groups -OCH3 is 1. The van der Waals surface area contributed by atoms with E-state index in [1.165, 1.54) is 0 Å². The van der Waals surface area contributed by atoms with Crippen LogP contribution >= 0.6 is 11.8 Å². The molecule has 53 heavy (non-hydrogen) atoms. The van der Waals surface area contributed by atoms with Crippen LogP contribution in [0.5, 0.6) is 0 Å². The highest BCUT2D eigenvalue weighted by atomic mass is 32.2. The lowest BCUT2D eigenvalue weighted by molar-refractivity contribution is -0.137. The molecule has 6 rings (SSSR count). The van der Waals surface area contributed by atoms with Crippen molar-refractivity contribution in [2.24, 2.45) is 0 Å². The summed E-state index contributed by atoms with van der Waals surface area (Å²) in [6, 6.07) is -1.36. The second-order valence-corrected chi connectivity index (χ2v) is 11.6. The number of ether oxygens (including phenoxy) is 1. The number of amides is 1. The van der Waals surface area contributed by atoms with Crippen molar-refractivity contribution in [3.63, 3.8) is 0 Å². The number of hydrogen-bond donors (Lipinski definition) is 0. The minimum absolute atomic E-state index is 0.0124. The topological polar surface area (TPSA) is 54.8 Å². The molecule has 2 heterocycles. The molecule has 0 saturated carbocycles. The molecule has 1 saturated heterocycles. The maximum absolute atomic E-state index is 15.9. The molecule has 0 radical (unpaired) electrons. The van der Waals surface area contributed by atoms with E-state index < -0.39 is 184 Å². The molecule has 1 amide bonds. The third kappa shape index (κ3) is 9.17. The molecule has 0 atom stereocenters. The van der Waals surface area contributed by atoms with Gasteiger partial charge in [-0.2, -0.15) is 13.2 Å². The predicted molar refractivity (Wildman–Crippen MR) is 198 cm³/mol. The number of nitrogens with zero attached hydrogens (tertiary/aromatic N) is 3. The summed E-state index contributed by atoms with van der Waals surface area (Å²) in [6.45, 7) is -22.7. The van der Waals surface area contributed by atoms with Crippen molar-refractivity contribution in [3.8, 4) is 11.1 Å². The van der Waals surface area contributed by atoms with Crippen LogP contribution in [0.2, 0.25) is 0 Å². The molecular formula is C41H40F5N3O3S. The van der Waals surface area contributed by atoms with E-state index in [2.05, 4.69) is 4.74 Å². The zero-order valence-electron chi connectivity index (χ0n) is 50.9. The van der Waals surface area contributed by atoms with Crippen molar-refractivity contribution < 1.29 is 64.4 Å². The predicted octanol–water partition coefficient (Wildman–Crippen LogP) is 8.71. The van der Waals surface area contributed by atoms with Crippen LogP contribution < -0.4 is 5.43 Å². The molecule has 1 aliphatic rings. The molecule has 1 aliphatic heterocycles. The molecule has 6 nitrogen and oxygen atoms in total. The Bertz CT molecular complexity index is 3200. The van der Waals surface area contributed by atoms with Gasteiger partial charge in [0.2, 0.25) is 5.91 Å². The molecule has 1 fully saturated rings. The Labute approximate surface area is 342 Å². The van der Waals surface area contributed by atoms with Gasteiger partial charge in [0.05, 0.1) is 41.9 Å². The first-order chi connectivity index (χ1) is 34.6. The van der Waals surface area contributed by atoms with Crippen molar-refractivity contribution >= 4 is 28.6 Å². The maximum atomic E-state index is 15.9. The molecule has 0 aliphatic carbocycles. The first-order valence-electron chi connectivity index (χ1n) is 27.0. The van der Waals surface area contributed by atoms with Crippen LogP contribution in [-0.4, -0.2) is 59.4 Å². The number of carbonyl (C=O) groups is 1. The summed E-state index contributed by atoms with van der Waals surface area (Å²) in [7, 11) is -3.69. The third-order valence-corrected chi connectivity index (χ3v) is 8.02. The summed E-state index contributed by atoms with van der Waals surface area (Å²) in [6.07, 6.45) is -14.3. The van der Waals surface area contributed by atoms with Gasteiger partial charge in [-0.15, -0.1) is 11.8 Å². The molecule has 1 aromatic heterocycles. The van der Waals surface area contributed by atoms with Crippen LogP contribution in [0.15, 0.2) is 101 Å². The molecule has 0 bridgehead atoms. The Hall–Kier alpha value is -4.52. The fourth-order valence-corrected chi connectivity index (χ4v) is 5.40. The van der Waals surface area contributed by atoms with E-state index in [-0.39, 0.29) is 15.7 Å². The molecule has 0 spiro atoms. The Morgan fingerprint density at radius 1 is 1.06 bits per heavy atom. The molecule has 0 unspecified atom stereocenters. The van der Waals surface area contributed by atoms with Crippen LogP contribution in [-0.2, 0) is 34.4 Å². The largest absolute Gasteiger partial charge is 0.416 e. The minimum atomic E-state index is -4.98. The number of thioether (sulfide) groups is 1. The van der Waals surface area contributed by atoms with Gasteiger partial charge in [-0.25, -0.2) is 8.78 Å². The monoisotopic (exact) mass is 773 g/mol. The van der Waals surface area contributed by atoms with E-state index >= 15 is 9.18 Å². The first kappa shape index (κ1) is 18.2. The third-order valence-electron chi connectivity index (χ3n) is 7.22. The zero-order chi connectivity index (χ0) is 58.9. The zero-order valence-corrected chi connectivity index (χ0v) is 27.7. The molecule has 5 aromatic rings. The quantitative estimate of drug-likeness (QED) is 0.0939. The number of aromatic nitrogens is 1. The molecule has 4 aromatic carbocycles. The average molecular weight is 774 g/mol. The lowest BCUT2D eigenvalue weighted by Crippen LogP contribution is -2.48. The lowest BCUT2D eigenvalue weighted by Gasteiger charge is -2.39. The second kappa shape index (κ2) is 16.7. The standard InChI is InChI=1S/C41H40F5N3O3S/c1-27-6-15-36-34(22-27)37(50)23-39(53-26-31-4-3-5-35(42)40(31)43)49(36)25-38(51)48(33-16-18-47(19-17-33)20-21-52-2)24-28-7-9-29(10-8-28)30-11-13-32(14-12-30)41(44,45)46/h3-15,22-23,33H,16-21,24-26H2,1-2H3/i2D3,6D,15D,16D2,17D2,18D2,19D2,21D2,22D,23D,24D2,25D2,26D2,33D. The van der Waals surface area contributed by atoms with Crippen molar-refractivity contribution in [2.45, 2.75) is 55.6 Å². The number of fused-ring (bicyclic) bond motifs is 1. The highest BCUT2D eigenvalue weighted by Crippen LogP contribution is 2.32. The molecule has 12 heteroatoms. The number of rotatable bonds is 12. The molecule has 0 N–H and O–H groups in total. The van der Waals surface area contributed by atoms with Crippen molar-refractivity contribution in [2.75, 3.05) is 33.1 Å². The van der Waals surface area contributed by atoms with Gasteiger partial charge in [0.1, 0.15) is 6.50 Å². The summed E-state index contributed by atoms with van der Waals surface area (Å²) in [4.78, 5) is 28.4. The number of halogens is 5. The van der Waals surface area contributed by atoms with Crippen molar-refractivity contribution in [1.29, 1.82) is 0 Å². The van der Waals surface area contributed by atoms with E-state index in [1.807, 2.05) is 0 Å². The Kier molecular flexibility index (Phi) is 5.72. The highest BCUT2D eigenvalue weighted by molar-refractivity contribution is 7.98. The summed E-state index contributed by atoms with van der Waals surface area (Å²) in [5, 5.41) is -2.70. The van der Waals surface area contributed by atoms with Crippen LogP contribution in [0.1, 0.15) is 67.9 Å². The minimum Gasteiger partial charge on any atom is -0.383 e. The highest BCUT2D eigenvalue weighted by Gasteiger charge is 2.31. The number of piperidine rings is 1. The van der Waals surface area contributed by atoms with Crippen molar-refractivity contribution in [1.82, 2.24) is 14.4 Å². The number of benzene rings is 4. The van der Waals surface area contributed by atoms with E-state index in [0.717, 1.165) is 37.3 Å². The SMILES string of the molecule is [2H]c1c(C)c([2H])c2c(=O)c([2H])c(SC([2H])([2H])c3cccc(F)c3F)n(C([2H])([2H])C(=O)N(C([2H])([2H])c3ccc(-c4ccc(C(F)(F)F)cc4)cc3)C3([2H])C([2H])([2H])C([2H])([2H])N(CC([2H])([2H])OC([2H])([2H])[2H])C([2H])([2H])C3([2H])[2H])c2c1[2H]. The Balaban J connectivity index is 1.74. The average Bonchev–Trinajstić information content (AvgIpc) is 3.29. The van der Waals surface area contributed by atoms with Gasteiger partial charge in [-0.3, -0.25) is 9.59 Å². The smallest absolute Gasteiger partial charge is 0.383 e. The van der Waals surface area contributed by atoms with Gasteiger partial charge in [-0.05, 0) is 66.6 Å². The number of likely N-dealkylation sites (tertiary alicyclic amines) is 1. The van der Waals surface area contributed by atoms with Gasteiger partial charge in [-0.1, -0.05) is 60.1 Å². The van der Waals surface area contributed by atoms with Gasteiger partial charge in [0.15, 0.2) is 17.1 Å².